The fraction of sp³-hybridized carbons (Fsp3) is 0.933. The summed E-state index contributed by atoms with van der Waals surface area (Å²) < 4.78 is 4.92. The normalized spacial score (nSPS) is 14.7. The monoisotopic (exact) mass is 289 g/mol. The van der Waals surface area contributed by atoms with Gasteiger partial charge < -0.3 is 4.74 Å². The smallest absolute Gasteiger partial charge is 0.325 e. The Morgan fingerprint density at radius 2 is 1.89 bits per heavy atom. The van der Waals surface area contributed by atoms with Crippen LogP contribution in [-0.4, -0.2) is 36.2 Å². The number of carbonyl (C=O) groups excluding carboxylic acids is 1. The van der Waals surface area contributed by atoms with E-state index >= 15 is 0 Å². The number of hydrogen-bond acceptors (Lipinski definition) is 4. The topological polar surface area (TPSA) is 38.3 Å². The van der Waals surface area contributed by atoms with Gasteiger partial charge in [-0.05, 0) is 51.0 Å². The molecule has 1 atom stereocenters. The van der Waals surface area contributed by atoms with Crippen LogP contribution in [-0.2, 0) is 9.53 Å². The summed E-state index contributed by atoms with van der Waals surface area (Å²) in [5, 5.41) is 3.33. The summed E-state index contributed by atoms with van der Waals surface area (Å²) in [6.07, 6.45) is 3.04. The molecule has 3 nitrogen and oxygen atoms in total. The minimum absolute atomic E-state index is 0.156. The highest BCUT2D eigenvalue weighted by atomic mass is 32.2. The van der Waals surface area contributed by atoms with E-state index in [0.29, 0.717) is 0 Å². The quantitative estimate of drug-likeness (QED) is 0.493. The van der Waals surface area contributed by atoms with Crippen molar-refractivity contribution in [3.05, 3.63) is 0 Å². The number of esters is 1. The van der Waals surface area contributed by atoms with Gasteiger partial charge in [-0.1, -0.05) is 20.3 Å². The van der Waals surface area contributed by atoms with Crippen molar-refractivity contribution in [2.45, 2.75) is 65.5 Å². The molecule has 0 aliphatic rings. The number of unbranched alkanes of at least 4 members (excludes halogenated alkanes) is 1. The Hall–Kier alpha value is -0.220. The lowest BCUT2D eigenvalue weighted by molar-refractivity contribution is -0.148. The summed E-state index contributed by atoms with van der Waals surface area (Å²) in [4.78, 5) is 11.9. The van der Waals surface area contributed by atoms with Crippen molar-refractivity contribution in [1.82, 2.24) is 5.32 Å². The number of hydrogen-bond donors (Lipinski definition) is 1. The second-order valence-corrected chi connectivity index (χ2v) is 7.20. The number of rotatable bonds is 10. The summed E-state index contributed by atoms with van der Waals surface area (Å²) in [6, 6.07) is 0.277. The summed E-state index contributed by atoms with van der Waals surface area (Å²) in [5.74, 6) is 3.00. The molecule has 0 aliphatic carbocycles. The molecule has 0 heterocycles. The van der Waals surface area contributed by atoms with Crippen LogP contribution in [0.2, 0.25) is 0 Å². The Labute approximate surface area is 123 Å². The Morgan fingerprint density at radius 1 is 1.26 bits per heavy atom. The van der Waals surface area contributed by atoms with Crippen molar-refractivity contribution < 1.29 is 9.53 Å². The van der Waals surface area contributed by atoms with Crippen LogP contribution in [0.15, 0.2) is 0 Å². The van der Waals surface area contributed by atoms with E-state index in [2.05, 4.69) is 33.0 Å². The number of ether oxygens (including phenoxy) is 1. The van der Waals surface area contributed by atoms with Crippen LogP contribution in [0.3, 0.4) is 0 Å². The van der Waals surface area contributed by atoms with Gasteiger partial charge in [0.15, 0.2) is 0 Å². The molecule has 0 spiro atoms. The lowest BCUT2D eigenvalue weighted by Crippen LogP contribution is -2.52. The maximum atomic E-state index is 11.9. The fourth-order valence-corrected chi connectivity index (χ4v) is 3.14. The maximum Gasteiger partial charge on any atom is 0.325 e. The van der Waals surface area contributed by atoms with E-state index in [0.717, 1.165) is 25.2 Å². The predicted octanol–water partition coefficient (Wildman–Crippen LogP) is 3.48. The molecule has 0 bridgehead atoms. The van der Waals surface area contributed by atoms with Crippen LogP contribution in [0.1, 0.15) is 53.9 Å². The van der Waals surface area contributed by atoms with Gasteiger partial charge in [0.1, 0.15) is 5.54 Å². The largest absolute Gasteiger partial charge is 0.468 e. The van der Waals surface area contributed by atoms with Crippen LogP contribution >= 0.6 is 11.8 Å². The van der Waals surface area contributed by atoms with Gasteiger partial charge in [-0.2, -0.15) is 11.8 Å². The lowest BCUT2D eigenvalue weighted by Gasteiger charge is -2.30. The van der Waals surface area contributed by atoms with Crippen LogP contribution in [0.25, 0.3) is 0 Å². The zero-order valence-corrected chi connectivity index (χ0v) is 14.2. The van der Waals surface area contributed by atoms with Crippen LogP contribution < -0.4 is 5.32 Å². The first-order chi connectivity index (χ1) is 8.81. The van der Waals surface area contributed by atoms with Gasteiger partial charge in [-0.25, -0.2) is 0 Å². The molecule has 0 saturated heterocycles. The molecule has 4 heteroatoms. The third kappa shape index (κ3) is 8.53. The molecule has 0 aromatic heterocycles. The lowest BCUT2D eigenvalue weighted by atomic mass is 9.94. The van der Waals surface area contributed by atoms with E-state index in [1.807, 2.05) is 18.7 Å². The summed E-state index contributed by atoms with van der Waals surface area (Å²) in [7, 11) is 1.46. The van der Waals surface area contributed by atoms with Crippen LogP contribution in [0.5, 0.6) is 0 Å². The first kappa shape index (κ1) is 18.8. The zero-order valence-electron chi connectivity index (χ0n) is 13.4. The fourth-order valence-electron chi connectivity index (χ4n) is 2.10. The van der Waals surface area contributed by atoms with E-state index < -0.39 is 5.54 Å². The summed E-state index contributed by atoms with van der Waals surface area (Å²) in [5.41, 5.74) is -0.550. The minimum Gasteiger partial charge on any atom is -0.468 e. The van der Waals surface area contributed by atoms with Crippen molar-refractivity contribution >= 4 is 17.7 Å². The van der Waals surface area contributed by atoms with Gasteiger partial charge >= 0.3 is 5.97 Å². The highest BCUT2D eigenvalue weighted by molar-refractivity contribution is 7.99. The molecular weight excluding hydrogens is 258 g/mol. The zero-order chi connectivity index (χ0) is 14.9. The third-order valence-electron chi connectivity index (χ3n) is 2.91. The molecule has 0 saturated carbocycles. The van der Waals surface area contributed by atoms with Crippen LogP contribution in [0, 0.1) is 5.92 Å². The van der Waals surface area contributed by atoms with E-state index in [9.17, 15) is 4.79 Å². The Morgan fingerprint density at radius 3 is 2.37 bits per heavy atom. The third-order valence-corrected chi connectivity index (χ3v) is 4.39. The molecule has 0 rings (SSSR count). The highest BCUT2D eigenvalue weighted by Crippen LogP contribution is 2.18. The molecule has 19 heavy (non-hydrogen) atoms. The molecule has 0 aliphatic heterocycles. The number of methoxy groups -OCH3 is 1. The van der Waals surface area contributed by atoms with Gasteiger partial charge in [0.2, 0.25) is 0 Å². The summed E-state index contributed by atoms with van der Waals surface area (Å²) in [6.45, 7) is 10.5. The Balaban J connectivity index is 4.03. The van der Waals surface area contributed by atoms with E-state index in [-0.39, 0.29) is 12.0 Å². The van der Waals surface area contributed by atoms with Gasteiger partial charge in [-0.3, -0.25) is 10.1 Å². The first-order valence-corrected chi connectivity index (χ1v) is 8.41. The average molecular weight is 289 g/mol. The van der Waals surface area contributed by atoms with E-state index in [1.165, 1.54) is 18.6 Å². The second-order valence-electron chi connectivity index (χ2n) is 6.05. The maximum absolute atomic E-state index is 11.9. The summed E-state index contributed by atoms with van der Waals surface area (Å²) >= 11 is 2.00. The molecule has 0 fully saturated rings. The molecular formula is C15H31NO2S. The van der Waals surface area contributed by atoms with Gasteiger partial charge in [0, 0.05) is 6.04 Å². The molecule has 114 valence electrons. The van der Waals surface area contributed by atoms with E-state index in [1.54, 1.807) is 0 Å². The molecule has 0 amide bonds. The predicted molar refractivity (Wildman–Crippen MR) is 84.7 cm³/mol. The molecule has 0 aromatic carbocycles. The average Bonchev–Trinajstić information content (AvgIpc) is 2.31. The number of nitrogens with one attached hydrogen (secondary N) is 1. The molecule has 1 unspecified atom stereocenters. The van der Waals surface area contributed by atoms with E-state index in [4.69, 9.17) is 4.74 Å². The first-order valence-electron chi connectivity index (χ1n) is 7.25. The number of thioether (sulfide) groups is 1. The Bertz CT molecular complexity index is 257. The van der Waals surface area contributed by atoms with Gasteiger partial charge in [0.25, 0.3) is 0 Å². The van der Waals surface area contributed by atoms with Crippen LogP contribution in [0.4, 0.5) is 0 Å². The molecule has 0 radical (unpaired) electrons. The highest BCUT2D eigenvalue weighted by Gasteiger charge is 2.33. The van der Waals surface area contributed by atoms with Gasteiger partial charge in [0.05, 0.1) is 7.11 Å². The van der Waals surface area contributed by atoms with Crippen molar-refractivity contribution in [3.63, 3.8) is 0 Å². The SMILES string of the molecule is COC(=O)C(C)(CCCCSCC(C)C)NC(C)C. The van der Waals surface area contributed by atoms with Crippen molar-refractivity contribution in [3.8, 4) is 0 Å². The number of carbonyl (C=O) groups is 1. The van der Waals surface area contributed by atoms with Crippen molar-refractivity contribution in [2.75, 3.05) is 18.6 Å². The second kappa shape index (κ2) is 9.65. The minimum atomic E-state index is -0.550. The molecule has 1 N–H and O–H groups in total. The standard InChI is InChI=1S/C15H31NO2S/c1-12(2)11-19-10-8-7-9-15(5,14(17)18-6)16-13(3)4/h12-13,16H,7-11H2,1-6H3. The molecule has 0 aromatic rings. The Kier molecular flexibility index (Phi) is 9.54. The van der Waals surface area contributed by atoms with Crippen molar-refractivity contribution in [1.29, 1.82) is 0 Å². The van der Waals surface area contributed by atoms with Gasteiger partial charge in [-0.15, -0.1) is 0 Å². The van der Waals surface area contributed by atoms with Crippen molar-refractivity contribution in [2.24, 2.45) is 5.92 Å².